The molecule has 1 atom stereocenters. The number of anilines is 2. The van der Waals surface area contributed by atoms with Crippen molar-refractivity contribution in [3.8, 4) is 39.7 Å². The van der Waals surface area contributed by atoms with E-state index in [1.54, 1.807) is 18.6 Å². The molecule has 1 aromatic carbocycles. The third kappa shape index (κ3) is 2.93. The van der Waals surface area contributed by atoms with Crippen molar-refractivity contribution in [2.75, 3.05) is 5.32 Å². The second kappa shape index (κ2) is 6.76. The number of nitrogens with zero attached hydrogens (tertiary/aromatic N) is 3. The van der Waals surface area contributed by atoms with Crippen LogP contribution in [0.5, 0.6) is 5.75 Å². The Morgan fingerprint density at radius 3 is 2.89 bits per heavy atom. The lowest BCUT2D eigenvalue weighted by molar-refractivity contribution is 0.314. The van der Waals surface area contributed by atoms with Crippen molar-refractivity contribution >= 4 is 27.4 Å². The standard InChI is InChI=1S/C21H16BrN5O/c1-12(22)28-14-5-2-4-13(10-14)20-26-18-15-7-9-23-11-17(15)25-21-16(19(18)27-20)6-3-8-24-21/h2-12H,1H3,(H,24,25)(H,26,27). The SMILES string of the molecule is CC(Br)Oc1cccc(-c2nc3c([nH]2)-c2ccncc2Nc2ncccc2-3)c1. The lowest BCUT2D eigenvalue weighted by atomic mass is 10.1. The summed E-state index contributed by atoms with van der Waals surface area (Å²) in [4.78, 5) is 17.1. The Balaban J connectivity index is 1.69. The molecule has 6 nitrogen and oxygen atoms in total. The van der Waals surface area contributed by atoms with E-state index in [0.717, 1.165) is 51.2 Å². The first-order chi connectivity index (χ1) is 13.7. The summed E-state index contributed by atoms with van der Waals surface area (Å²) in [5, 5.41) is 3.30. The molecule has 3 aromatic heterocycles. The second-order valence-electron chi connectivity index (χ2n) is 6.44. The van der Waals surface area contributed by atoms with Gasteiger partial charge in [0.2, 0.25) is 0 Å². The highest BCUT2D eigenvalue weighted by molar-refractivity contribution is 9.09. The molecule has 138 valence electrons. The fourth-order valence-corrected chi connectivity index (χ4v) is 3.56. The maximum absolute atomic E-state index is 5.76. The predicted molar refractivity (Wildman–Crippen MR) is 113 cm³/mol. The summed E-state index contributed by atoms with van der Waals surface area (Å²) in [5.74, 6) is 2.32. The van der Waals surface area contributed by atoms with E-state index < -0.39 is 0 Å². The molecular weight excluding hydrogens is 418 g/mol. The Kier molecular flexibility index (Phi) is 4.09. The summed E-state index contributed by atoms with van der Waals surface area (Å²) in [6.07, 6.45) is 5.35. The van der Waals surface area contributed by atoms with Crippen LogP contribution in [0.25, 0.3) is 33.9 Å². The van der Waals surface area contributed by atoms with Crippen molar-refractivity contribution in [1.82, 2.24) is 19.9 Å². The Hall–Kier alpha value is -3.19. The molecule has 1 unspecified atom stereocenters. The Labute approximate surface area is 170 Å². The normalized spacial score (nSPS) is 12.8. The minimum Gasteiger partial charge on any atom is -0.480 e. The number of alkyl halides is 1. The molecule has 7 heteroatoms. The second-order valence-corrected chi connectivity index (χ2v) is 7.73. The zero-order chi connectivity index (χ0) is 19.1. The summed E-state index contributed by atoms with van der Waals surface area (Å²) in [7, 11) is 0. The number of hydrogen-bond acceptors (Lipinski definition) is 5. The van der Waals surface area contributed by atoms with E-state index in [9.17, 15) is 0 Å². The highest BCUT2D eigenvalue weighted by Gasteiger charge is 2.24. The van der Waals surface area contributed by atoms with Gasteiger partial charge in [0.1, 0.15) is 23.1 Å². The smallest absolute Gasteiger partial charge is 0.150 e. The van der Waals surface area contributed by atoms with Crippen molar-refractivity contribution < 1.29 is 4.74 Å². The third-order valence-corrected chi connectivity index (χ3v) is 4.70. The van der Waals surface area contributed by atoms with Crippen LogP contribution in [0.4, 0.5) is 11.5 Å². The van der Waals surface area contributed by atoms with Crippen LogP contribution in [0.15, 0.2) is 61.1 Å². The van der Waals surface area contributed by atoms with Gasteiger partial charge >= 0.3 is 0 Å². The fraction of sp³-hybridized carbons (Fsp3) is 0.0952. The lowest BCUT2D eigenvalue weighted by Crippen LogP contribution is -2.01. The molecule has 0 saturated carbocycles. The van der Waals surface area contributed by atoms with Gasteiger partial charge in [-0.2, -0.15) is 0 Å². The van der Waals surface area contributed by atoms with E-state index in [0.29, 0.717) is 0 Å². The van der Waals surface area contributed by atoms with Crippen LogP contribution >= 0.6 is 15.9 Å². The lowest BCUT2D eigenvalue weighted by Gasteiger charge is -2.09. The number of fused-ring (bicyclic) bond motifs is 5. The number of imidazole rings is 1. The van der Waals surface area contributed by atoms with E-state index in [-0.39, 0.29) is 5.01 Å². The molecule has 0 bridgehead atoms. The first-order valence-corrected chi connectivity index (χ1v) is 9.78. The van der Waals surface area contributed by atoms with E-state index in [2.05, 4.69) is 36.2 Å². The number of H-pyrrole nitrogens is 1. The highest BCUT2D eigenvalue weighted by Crippen LogP contribution is 2.42. The topological polar surface area (TPSA) is 75.7 Å². The van der Waals surface area contributed by atoms with Gasteiger partial charge < -0.3 is 15.0 Å². The van der Waals surface area contributed by atoms with Gasteiger partial charge in [0.25, 0.3) is 0 Å². The average molecular weight is 434 g/mol. The average Bonchev–Trinajstić information content (AvgIpc) is 3.09. The first-order valence-electron chi connectivity index (χ1n) is 8.87. The molecule has 4 aromatic rings. The number of nitrogens with one attached hydrogen (secondary N) is 2. The van der Waals surface area contributed by atoms with Crippen LogP contribution < -0.4 is 10.1 Å². The van der Waals surface area contributed by atoms with Gasteiger partial charge in [-0.15, -0.1) is 0 Å². The van der Waals surface area contributed by atoms with Crippen LogP contribution in [-0.4, -0.2) is 24.9 Å². The number of benzene rings is 1. The van der Waals surface area contributed by atoms with Crippen molar-refractivity contribution in [2.24, 2.45) is 0 Å². The molecule has 0 saturated heterocycles. The van der Waals surface area contributed by atoms with Gasteiger partial charge in [0.05, 0.1) is 17.6 Å². The van der Waals surface area contributed by atoms with Crippen LogP contribution in [0.1, 0.15) is 6.92 Å². The number of hydrogen-bond donors (Lipinski definition) is 2. The summed E-state index contributed by atoms with van der Waals surface area (Å²) in [6.45, 7) is 1.93. The number of ether oxygens (including phenoxy) is 1. The molecule has 0 radical (unpaired) electrons. The number of halogens is 1. The maximum atomic E-state index is 5.76. The number of aromatic nitrogens is 4. The summed E-state index contributed by atoms with van der Waals surface area (Å²) < 4.78 is 5.76. The quantitative estimate of drug-likeness (QED) is 0.373. The van der Waals surface area contributed by atoms with E-state index in [1.807, 2.05) is 49.4 Å². The molecule has 0 fully saturated rings. The molecular formula is C21H16BrN5O. The van der Waals surface area contributed by atoms with Crippen molar-refractivity contribution in [3.63, 3.8) is 0 Å². The van der Waals surface area contributed by atoms with Gasteiger partial charge in [-0.25, -0.2) is 9.97 Å². The molecule has 5 rings (SSSR count). The van der Waals surface area contributed by atoms with Crippen molar-refractivity contribution in [2.45, 2.75) is 11.9 Å². The van der Waals surface area contributed by atoms with E-state index in [1.165, 1.54) is 0 Å². The van der Waals surface area contributed by atoms with E-state index in [4.69, 9.17) is 9.72 Å². The summed E-state index contributed by atoms with van der Waals surface area (Å²) in [5.41, 5.74) is 5.58. The van der Waals surface area contributed by atoms with Crippen LogP contribution in [0.3, 0.4) is 0 Å². The summed E-state index contributed by atoms with van der Waals surface area (Å²) >= 11 is 3.42. The van der Waals surface area contributed by atoms with Crippen LogP contribution in [0.2, 0.25) is 0 Å². The van der Waals surface area contributed by atoms with Gasteiger partial charge in [0.15, 0.2) is 5.01 Å². The molecule has 2 N–H and O–H groups in total. The minimum atomic E-state index is -0.0699. The van der Waals surface area contributed by atoms with Crippen molar-refractivity contribution in [3.05, 3.63) is 61.1 Å². The van der Waals surface area contributed by atoms with Crippen LogP contribution in [-0.2, 0) is 0 Å². The van der Waals surface area contributed by atoms with Crippen molar-refractivity contribution in [1.29, 1.82) is 0 Å². The Morgan fingerprint density at radius 1 is 1.07 bits per heavy atom. The number of rotatable bonds is 3. The third-order valence-electron chi connectivity index (χ3n) is 4.52. The van der Waals surface area contributed by atoms with Gasteiger partial charge in [-0.3, -0.25) is 4.98 Å². The predicted octanol–water partition coefficient (Wildman–Crippen LogP) is 5.38. The van der Waals surface area contributed by atoms with E-state index >= 15 is 0 Å². The minimum absolute atomic E-state index is 0.0699. The molecule has 4 heterocycles. The Morgan fingerprint density at radius 2 is 2.00 bits per heavy atom. The van der Waals surface area contributed by atoms with Gasteiger partial charge in [0, 0.05) is 29.1 Å². The number of pyridine rings is 2. The van der Waals surface area contributed by atoms with Gasteiger partial charge in [-0.1, -0.05) is 12.1 Å². The zero-order valence-corrected chi connectivity index (χ0v) is 16.6. The largest absolute Gasteiger partial charge is 0.480 e. The highest BCUT2D eigenvalue weighted by atomic mass is 79.9. The molecule has 0 spiro atoms. The summed E-state index contributed by atoms with van der Waals surface area (Å²) in [6, 6.07) is 13.8. The molecule has 0 amide bonds. The van der Waals surface area contributed by atoms with Crippen LogP contribution in [0, 0.1) is 0 Å². The molecule has 28 heavy (non-hydrogen) atoms. The molecule has 0 aliphatic carbocycles. The maximum Gasteiger partial charge on any atom is 0.150 e. The Bertz CT molecular complexity index is 1110. The zero-order valence-electron chi connectivity index (χ0n) is 15.0. The first kappa shape index (κ1) is 16.9. The van der Waals surface area contributed by atoms with Gasteiger partial charge in [-0.05, 0) is 53.2 Å². The molecule has 1 aliphatic rings. The monoisotopic (exact) mass is 433 g/mol. The molecule has 1 aliphatic heterocycles. The fourth-order valence-electron chi connectivity index (χ4n) is 3.34. The number of aromatic amines is 1.